The van der Waals surface area contributed by atoms with E-state index in [1.54, 1.807) is 0 Å². The maximum Gasteiger partial charge on any atom is 0.312 e. The van der Waals surface area contributed by atoms with E-state index < -0.39 is 32.6 Å². The highest BCUT2D eigenvalue weighted by Crippen LogP contribution is 2.39. The van der Waals surface area contributed by atoms with E-state index in [1.165, 1.54) is 34.9 Å². The van der Waals surface area contributed by atoms with E-state index in [0.717, 1.165) is 16.2 Å². The topological polar surface area (TPSA) is 142 Å². The van der Waals surface area contributed by atoms with E-state index in [2.05, 4.69) is 0 Å². The molecule has 1 atom stereocenters. The van der Waals surface area contributed by atoms with Crippen LogP contribution in [0.15, 0.2) is 47.4 Å². The predicted octanol–water partition coefficient (Wildman–Crippen LogP) is 2.68. The summed E-state index contributed by atoms with van der Waals surface area (Å²) >= 11 is 1.23. The van der Waals surface area contributed by atoms with Crippen molar-refractivity contribution in [1.82, 2.24) is 4.31 Å². The van der Waals surface area contributed by atoms with Crippen molar-refractivity contribution in [1.29, 1.82) is 0 Å². The third-order valence-electron chi connectivity index (χ3n) is 5.19. The second-order valence-electron chi connectivity index (χ2n) is 7.02. The number of carbonyl (C=O) groups is 1. The van der Waals surface area contributed by atoms with Crippen molar-refractivity contribution >= 4 is 43.0 Å². The normalized spacial score (nSPS) is 17.3. The van der Waals surface area contributed by atoms with Gasteiger partial charge in [0.2, 0.25) is 10.0 Å². The fourth-order valence-electron chi connectivity index (χ4n) is 3.71. The number of nitrogens with two attached hydrogens (primary N) is 1. The molecule has 0 unspecified atom stereocenters. The number of sulfonamides is 1. The summed E-state index contributed by atoms with van der Waals surface area (Å²) in [5, 5.41) is 12.1. The lowest BCUT2D eigenvalue weighted by Gasteiger charge is -2.32. The standard InChI is InChI=1S/C20H19N3O7S2/c1-29-15-7-6-12(10-14(15)23(25)26)32(27,28)22-8-9-30-16(11-22)18-13-4-2-3-5-17(13)31-19(18)20(21)24/h2-7,10,16H,8-9,11H2,1H3,(H2,21,24)/t16-/m0/s1. The average Bonchev–Trinajstić information content (AvgIpc) is 3.18. The van der Waals surface area contributed by atoms with Crippen molar-refractivity contribution in [3.8, 4) is 5.75 Å². The first kappa shape index (κ1) is 22.1. The molecule has 168 valence electrons. The van der Waals surface area contributed by atoms with Crippen LogP contribution in [0.3, 0.4) is 0 Å². The molecule has 1 amide bonds. The smallest absolute Gasteiger partial charge is 0.312 e. The van der Waals surface area contributed by atoms with Crippen LogP contribution in [0.5, 0.6) is 5.75 Å². The van der Waals surface area contributed by atoms with Gasteiger partial charge in [0.05, 0.1) is 34.5 Å². The highest BCUT2D eigenvalue weighted by atomic mass is 32.2. The maximum atomic E-state index is 13.3. The number of nitro benzene ring substituents is 1. The largest absolute Gasteiger partial charge is 0.490 e. The van der Waals surface area contributed by atoms with Crippen molar-refractivity contribution < 1.29 is 27.6 Å². The molecule has 0 spiro atoms. The summed E-state index contributed by atoms with van der Waals surface area (Å²) in [6.07, 6.45) is -0.717. The van der Waals surface area contributed by atoms with Crippen LogP contribution < -0.4 is 10.5 Å². The lowest BCUT2D eigenvalue weighted by molar-refractivity contribution is -0.386. The summed E-state index contributed by atoms with van der Waals surface area (Å²) in [7, 11) is -2.80. The Morgan fingerprint density at radius 1 is 1.31 bits per heavy atom. The zero-order valence-corrected chi connectivity index (χ0v) is 18.5. The quantitative estimate of drug-likeness (QED) is 0.425. The number of carbonyl (C=O) groups excluding carboxylic acids is 1. The van der Waals surface area contributed by atoms with Crippen LogP contribution in [0, 0.1) is 10.1 Å². The number of morpholine rings is 1. The Kier molecular flexibility index (Phi) is 5.86. The molecule has 4 rings (SSSR count). The van der Waals surface area contributed by atoms with E-state index in [9.17, 15) is 23.3 Å². The molecule has 1 fully saturated rings. The Labute approximate surface area is 187 Å². The van der Waals surface area contributed by atoms with Crippen molar-refractivity contribution in [2.24, 2.45) is 5.73 Å². The van der Waals surface area contributed by atoms with Gasteiger partial charge >= 0.3 is 5.69 Å². The predicted molar refractivity (Wildman–Crippen MR) is 117 cm³/mol. The van der Waals surface area contributed by atoms with Gasteiger partial charge in [-0.05, 0) is 23.6 Å². The lowest BCUT2D eigenvalue weighted by Crippen LogP contribution is -2.42. The third-order valence-corrected chi connectivity index (χ3v) is 8.26. The molecule has 2 N–H and O–H groups in total. The first-order valence-corrected chi connectivity index (χ1v) is 11.7. The molecule has 2 aromatic carbocycles. The zero-order valence-electron chi connectivity index (χ0n) is 16.9. The van der Waals surface area contributed by atoms with Crippen LogP contribution >= 0.6 is 11.3 Å². The Hall–Kier alpha value is -3.06. The number of ether oxygens (including phenoxy) is 2. The molecule has 0 aliphatic carbocycles. The minimum Gasteiger partial charge on any atom is -0.490 e. The van der Waals surface area contributed by atoms with Crippen LogP contribution in [-0.2, 0) is 14.8 Å². The van der Waals surface area contributed by atoms with E-state index in [0.29, 0.717) is 10.4 Å². The van der Waals surface area contributed by atoms with Crippen molar-refractivity contribution in [2.75, 3.05) is 26.8 Å². The maximum absolute atomic E-state index is 13.3. The Bertz CT molecular complexity index is 1320. The number of rotatable bonds is 6. The monoisotopic (exact) mass is 477 g/mol. The summed E-state index contributed by atoms with van der Waals surface area (Å²) in [6.45, 7) is 0.0837. The summed E-state index contributed by atoms with van der Waals surface area (Å²) < 4.78 is 39.4. The van der Waals surface area contributed by atoms with E-state index in [-0.39, 0.29) is 30.3 Å². The Morgan fingerprint density at radius 2 is 2.06 bits per heavy atom. The van der Waals surface area contributed by atoms with Crippen molar-refractivity contribution in [3.63, 3.8) is 0 Å². The Balaban J connectivity index is 1.72. The second-order valence-corrected chi connectivity index (χ2v) is 10.0. The number of nitrogens with zero attached hydrogens (tertiary/aromatic N) is 2. The van der Waals surface area contributed by atoms with Gasteiger partial charge in [-0.25, -0.2) is 8.42 Å². The molecule has 0 bridgehead atoms. The van der Waals surface area contributed by atoms with Crippen LogP contribution in [0.4, 0.5) is 5.69 Å². The molecule has 10 nitrogen and oxygen atoms in total. The van der Waals surface area contributed by atoms with Gasteiger partial charge in [0.25, 0.3) is 5.91 Å². The summed E-state index contributed by atoms with van der Waals surface area (Å²) in [5.74, 6) is -0.653. The van der Waals surface area contributed by atoms with Crippen LogP contribution in [0.25, 0.3) is 10.1 Å². The summed E-state index contributed by atoms with van der Waals surface area (Å²) in [4.78, 5) is 22.8. The van der Waals surface area contributed by atoms with E-state index >= 15 is 0 Å². The van der Waals surface area contributed by atoms with Gasteiger partial charge in [0, 0.05) is 29.4 Å². The number of benzene rings is 2. The molecule has 0 saturated carbocycles. The van der Waals surface area contributed by atoms with Crippen LogP contribution in [0.2, 0.25) is 0 Å². The molecular formula is C20H19N3O7S2. The number of amides is 1. The molecule has 1 aliphatic heterocycles. The van der Waals surface area contributed by atoms with Crippen LogP contribution in [0.1, 0.15) is 21.3 Å². The van der Waals surface area contributed by atoms with Crippen molar-refractivity contribution in [3.05, 3.63) is 63.0 Å². The van der Waals surface area contributed by atoms with Gasteiger partial charge in [-0.2, -0.15) is 4.31 Å². The number of hydrogen-bond donors (Lipinski definition) is 1. The van der Waals surface area contributed by atoms with Crippen molar-refractivity contribution in [2.45, 2.75) is 11.0 Å². The van der Waals surface area contributed by atoms with Gasteiger partial charge in [0.15, 0.2) is 5.75 Å². The zero-order chi connectivity index (χ0) is 23.0. The third kappa shape index (κ3) is 3.81. The van der Waals surface area contributed by atoms with Crippen LogP contribution in [-0.4, -0.2) is 50.4 Å². The first-order valence-electron chi connectivity index (χ1n) is 9.49. The minimum absolute atomic E-state index is 0.0374. The number of fused-ring (bicyclic) bond motifs is 1. The molecule has 12 heteroatoms. The molecular weight excluding hydrogens is 458 g/mol. The lowest BCUT2D eigenvalue weighted by atomic mass is 10.0. The summed E-state index contributed by atoms with van der Waals surface area (Å²) in [6, 6.07) is 10.8. The molecule has 0 radical (unpaired) electrons. The van der Waals surface area contributed by atoms with Gasteiger partial charge in [-0.3, -0.25) is 14.9 Å². The Morgan fingerprint density at radius 3 is 2.75 bits per heavy atom. The van der Waals surface area contributed by atoms with Gasteiger partial charge in [-0.15, -0.1) is 11.3 Å². The highest BCUT2D eigenvalue weighted by molar-refractivity contribution is 7.89. The van der Waals surface area contributed by atoms with E-state index in [1.807, 2.05) is 24.3 Å². The van der Waals surface area contributed by atoms with Gasteiger partial charge < -0.3 is 15.2 Å². The number of primary amides is 1. The molecule has 1 aliphatic rings. The fraction of sp³-hybridized carbons (Fsp3) is 0.250. The molecule has 1 aromatic heterocycles. The summed E-state index contributed by atoms with van der Waals surface area (Å²) in [5.41, 5.74) is 5.69. The van der Waals surface area contributed by atoms with E-state index in [4.69, 9.17) is 15.2 Å². The molecule has 1 saturated heterocycles. The molecule has 2 heterocycles. The number of hydrogen-bond acceptors (Lipinski definition) is 8. The number of thiophene rings is 1. The SMILES string of the molecule is COc1ccc(S(=O)(=O)N2CCO[C@H](c3c(C(N)=O)sc4ccccc34)C2)cc1[N+](=O)[O-]. The second kappa shape index (κ2) is 8.47. The number of nitro groups is 1. The minimum atomic E-state index is -4.07. The molecule has 3 aromatic rings. The average molecular weight is 478 g/mol. The van der Waals surface area contributed by atoms with Gasteiger partial charge in [-0.1, -0.05) is 18.2 Å². The highest BCUT2D eigenvalue weighted by Gasteiger charge is 2.35. The molecule has 32 heavy (non-hydrogen) atoms. The van der Waals surface area contributed by atoms with Gasteiger partial charge in [0.1, 0.15) is 0 Å². The number of methoxy groups -OCH3 is 1. The fourth-order valence-corrected chi connectivity index (χ4v) is 6.26. The first-order chi connectivity index (χ1) is 15.2.